The van der Waals surface area contributed by atoms with E-state index in [1.165, 1.54) is 25.7 Å². The summed E-state index contributed by atoms with van der Waals surface area (Å²) >= 11 is 0. The van der Waals surface area contributed by atoms with Crippen LogP contribution in [-0.2, 0) is 9.47 Å². The van der Waals surface area contributed by atoms with E-state index < -0.39 is 0 Å². The highest BCUT2D eigenvalue weighted by Gasteiger charge is 2.31. The van der Waals surface area contributed by atoms with E-state index >= 15 is 0 Å². The summed E-state index contributed by atoms with van der Waals surface area (Å²) in [5.74, 6) is 4.71. The minimum absolute atomic E-state index is 0.238. The van der Waals surface area contributed by atoms with Gasteiger partial charge in [-0.05, 0) is 56.6 Å². The Labute approximate surface area is 139 Å². The number of terminal acetylenes is 1. The van der Waals surface area contributed by atoms with E-state index in [0.29, 0.717) is 5.92 Å². The Hall–Kier alpha value is -1.56. The van der Waals surface area contributed by atoms with Crippen molar-refractivity contribution in [2.45, 2.75) is 38.9 Å². The van der Waals surface area contributed by atoms with Crippen LogP contribution in [0.4, 0.5) is 0 Å². The molecule has 0 spiro atoms. The fourth-order valence-corrected chi connectivity index (χ4v) is 3.80. The van der Waals surface area contributed by atoms with Crippen molar-refractivity contribution in [1.29, 1.82) is 0 Å². The van der Waals surface area contributed by atoms with Crippen LogP contribution in [0.1, 0.15) is 50.0 Å². The molecule has 0 unspecified atom stereocenters. The van der Waals surface area contributed by atoms with Crippen molar-refractivity contribution in [3.05, 3.63) is 47.5 Å². The molecule has 1 heterocycles. The van der Waals surface area contributed by atoms with Gasteiger partial charge in [-0.1, -0.05) is 30.2 Å². The lowest BCUT2D eigenvalue weighted by Crippen LogP contribution is -2.34. The van der Waals surface area contributed by atoms with Gasteiger partial charge in [0.05, 0.1) is 13.2 Å². The van der Waals surface area contributed by atoms with Crippen LogP contribution >= 0.6 is 0 Å². The van der Waals surface area contributed by atoms with Crippen molar-refractivity contribution >= 4 is 0 Å². The summed E-state index contributed by atoms with van der Waals surface area (Å²) in [7, 11) is 0. The van der Waals surface area contributed by atoms with Gasteiger partial charge >= 0.3 is 0 Å². The van der Waals surface area contributed by atoms with Gasteiger partial charge in [-0.15, -0.1) is 6.42 Å². The first-order valence-electron chi connectivity index (χ1n) is 8.72. The van der Waals surface area contributed by atoms with Gasteiger partial charge in [0.1, 0.15) is 0 Å². The van der Waals surface area contributed by atoms with E-state index in [0.717, 1.165) is 36.2 Å². The fraction of sp³-hybridized carbons (Fsp3) is 0.524. The molecule has 0 amide bonds. The summed E-state index contributed by atoms with van der Waals surface area (Å²) in [4.78, 5) is 0. The van der Waals surface area contributed by atoms with Crippen molar-refractivity contribution in [3.63, 3.8) is 0 Å². The van der Waals surface area contributed by atoms with Crippen molar-refractivity contribution < 1.29 is 9.47 Å². The van der Waals surface area contributed by atoms with Crippen molar-refractivity contribution in [2.24, 2.45) is 17.8 Å². The summed E-state index contributed by atoms with van der Waals surface area (Å²) in [6.45, 7) is 3.73. The third-order valence-electron chi connectivity index (χ3n) is 5.22. The van der Waals surface area contributed by atoms with Crippen LogP contribution < -0.4 is 0 Å². The number of ether oxygens (including phenoxy) is 2. The van der Waals surface area contributed by atoms with Gasteiger partial charge in [0.15, 0.2) is 6.29 Å². The maximum atomic E-state index is 5.99. The van der Waals surface area contributed by atoms with Crippen LogP contribution in [0.2, 0.25) is 0 Å². The molecule has 3 rings (SSSR count). The zero-order valence-corrected chi connectivity index (χ0v) is 13.9. The standard InChI is InChI=1S/C21H26O2/c1-3-5-17-8-10-18(11-9-17)20-14-22-21(23-15-20)19-12-6-16(4-2)7-13-19/h2-3,5-7,12-13,17-18,20-21H,8-11,14-15H2,1H3/b5-3+. The van der Waals surface area contributed by atoms with Gasteiger partial charge in [-0.3, -0.25) is 0 Å². The molecule has 0 radical (unpaired) electrons. The average Bonchev–Trinajstić information content (AvgIpc) is 2.63. The molecule has 23 heavy (non-hydrogen) atoms. The van der Waals surface area contributed by atoms with Crippen LogP contribution in [0.25, 0.3) is 0 Å². The van der Waals surface area contributed by atoms with Crippen molar-refractivity contribution in [3.8, 4) is 12.3 Å². The SMILES string of the molecule is C#Cc1ccc(C2OCC(C3CCC(/C=C/C)CC3)CO2)cc1. The second-order valence-electron chi connectivity index (χ2n) is 6.73. The first-order chi connectivity index (χ1) is 11.3. The quantitative estimate of drug-likeness (QED) is 0.594. The number of rotatable bonds is 3. The number of allylic oxidation sites excluding steroid dienone is 2. The molecule has 1 saturated carbocycles. The first-order valence-corrected chi connectivity index (χ1v) is 8.72. The summed E-state index contributed by atoms with van der Waals surface area (Å²) in [6, 6.07) is 7.89. The van der Waals surface area contributed by atoms with E-state index in [4.69, 9.17) is 15.9 Å². The number of hydrogen-bond donors (Lipinski definition) is 0. The number of hydrogen-bond acceptors (Lipinski definition) is 2. The molecule has 2 aliphatic rings. The number of benzene rings is 1. The molecule has 0 bridgehead atoms. The molecule has 1 aromatic rings. The van der Waals surface area contributed by atoms with E-state index in [2.05, 4.69) is 25.0 Å². The molecule has 2 nitrogen and oxygen atoms in total. The minimum Gasteiger partial charge on any atom is -0.348 e. The molecule has 1 aliphatic heterocycles. The average molecular weight is 310 g/mol. The zero-order valence-electron chi connectivity index (χ0n) is 13.9. The van der Waals surface area contributed by atoms with Gasteiger partial charge in [-0.2, -0.15) is 0 Å². The predicted octanol–water partition coefficient (Wildman–Crippen LogP) is 4.71. The summed E-state index contributed by atoms with van der Waals surface area (Å²) < 4.78 is 12.0. The Balaban J connectivity index is 1.49. The first kappa shape index (κ1) is 16.3. The Morgan fingerprint density at radius 2 is 1.65 bits per heavy atom. The molecule has 0 N–H and O–H groups in total. The minimum atomic E-state index is -0.238. The van der Waals surface area contributed by atoms with Gasteiger partial charge in [0, 0.05) is 17.0 Å². The molecule has 122 valence electrons. The van der Waals surface area contributed by atoms with E-state index in [1.807, 2.05) is 24.3 Å². The van der Waals surface area contributed by atoms with Gasteiger partial charge < -0.3 is 9.47 Å². The van der Waals surface area contributed by atoms with E-state index in [9.17, 15) is 0 Å². The largest absolute Gasteiger partial charge is 0.348 e. The summed E-state index contributed by atoms with van der Waals surface area (Å²) in [6.07, 6.45) is 14.9. The smallest absolute Gasteiger partial charge is 0.183 e. The predicted molar refractivity (Wildman–Crippen MR) is 92.8 cm³/mol. The molecule has 0 atom stereocenters. The lowest BCUT2D eigenvalue weighted by molar-refractivity contribution is -0.214. The molecular formula is C21H26O2. The molecular weight excluding hydrogens is 284 g/mol. The van der Waals surface area contributed by atoms with Crippen molar-refractivity contribution in [2.75, 3.05) is 13.2 Å². The fourth-order valence-electron chi connectivity index (χ4n) is 3.80. The highest BCUT2D eigenvalue weighted by molar-refractivity contribution is 5.34. The molecule has 1 saturated heterocycles. The van der Waals surface area contributed by atoms with Gasteiger partial charge in [-0.25, -0.2) is 0 Å². The van der Waals surface area contributed by atoms with Crippen LogP contribution in [0.15, 0.2) is 36.4 Å². The summed E-state index contributed by atoms with van der Waals surface area (Å²) in [5, 5.41) is 0. The van der Waals surface area contributed by atoms with Gasteiger partial charge in [0.2, 0.25) is 0 Å². The Kier molecular flexibility index (Phi) is 5.54. The highest BCUT2D eigenvalue weighted by Crippen LogP contribution is 2.37. The second kappa shape index (κ2) is 7.81. The second-order valence-corrected chi connectivity index (χ2v) is 6.73. The van der Waals surface area contributed by atoms with E-state index in [1.54, 1.807) is 0 Å². The topological polar surface area (TPSA) is 18.5 Å². The highest BCUT2D eigenvalue weighted by atomic mass is 16.7. The third kappa shape index (κ3) is 4.05. The third-order valence-corrected chi connectivity index (χ3v) is 5.22. The van der Waals surface area contributed by atoms with Crippen LogP contribution in [0.5, 0.6) is 0 Å². The lowest BCUT2D eigenvalue weighted by atomic mass is 9.76. The Bertz CT molecular complexity index is 550. The molecule has 0 aromatic heterocycles. The monoisotopic (exact) mass is 310 g/mol. The molecule has 2 heteroatoms. The van der Waals surface area contributed by atoms with Crippen LogP contribution in [-0.4, -0.2) is 13.2 Å². The van der Waals surface area contributed by atoms with Crippen LogP contribution in [0, 0.1) is 30.1 Å². The zero-order chi connectivity index (χ0) is 16.1. The normalized spacial score (nSPS) is 31.8. The van der Waals surface area contributed by atoms with Gasteiger partial charge in [0.25, 0.3) is 0 Å². The molecule has 2 fully saturated rings. The lowest BCUT2D eigenvalue weighted by Gasteiger charge is -2.37. The molecule has 1 aromatic carbocycles. The molecule has 1 aliphatic carbocycles. The Morgan fingerprint density at radius 1 is 1.00 bits per heavy atom. The summed E-state index contributed by atoms with van der Waals surface area (Å²) in [5.41, 5.74) is 1.94. The maximum Gasteiger partial charge on any atom is 0.183 e. The maximum absolute atomic E-state index is 5.99. The van der Waals surface area contributed by atoms with E-state index in [-0.39, 0.29) is 6.29 Å². The van der Waals surface area contributed by atoms with Crippen LogP contribution in [0.3, 0.4) is 0 Å². The van der Waals surface area contributed by atoms with Crippen molar-refractivity contribution in [1.82, 2.24) is 0 Å². The Morgan fingerprint density at radius 3 is 2.22 bits per heavy atom.